The second-order valence-electron chi connectivity index (χ2n) is 14.5. The summed E-state index contributed by atoms with van der Waals surface area (Å²) in [7, 11) is 0. The number of benzene rings is 6. The number of nitrogens with zero attached hydrogens (tertiary/aromatic N) is 5. The quantitative estimate of drug-likeness (QED) is 0.178. The van der Waals surface area contributed by atoms with Crippen LogP contribution in [0, 0.1) is 0 Å². The van der Waals surface area contributed by atoms with E-state index in [1.165, 1.54) is 65.5 Å². The van der Waals surface area contributed by atoms with Gasteiger partial charge >= 0.3 is 0 Å². The van der Waals surface area contributed by atoms with Gasteiger partial charge in [0.1, 0.15) is 0 Å². The summed E-state index contributed by atoms with van der Waals surface area (Å²) in [5.74, 6) is 0. The minimum atomic E-state index is 0.900. The molecule has 0 spiro atoms. The molecule has 0 bridgehead atoms. The molecule has 12 aromatic rings. The third-order valence-electron chi connectivity index (χ3n) is 11.4. The van der Waals surface area contributed by atoms with Crippen LogP contribution in [0.5, 0.6) is 0 Å². The molecular weight excluding hydrogens is 683 g/mol. The van der Waals surface area contributed by atoms with Crippen molar-refractivity contribution in [2.75, 3.05) is 0 Å². The monoisotopic (exact) mass is 713 g/mol. The molecule has 6 heterocycles. The Labute approximate surface area is 321 Å². The van der Waals surface area contributed by atoms with E-state index in [1.807, 2.05) is 49.1 Å². The van der Waals surface area contributed by atoms with E-state index in [0.717, 1.165) is 44.8 Å². The Hall–Kier alpha value is -7.63. The predicted octanol–water partition coefficient (Wildman–Crippen LogP) is 12.8. The third kappa shape index (κ3) is 4.52. The molecule has 0 aliphatic carbocycles. The van der Waals surface area contributed by atoms with Crippen molar-refractivity contribution in [1.29, 1.82) is 0 Å². The molecule has 5 nitrogen and oxygen atoms in total. The van der Waals surface area contributed by atoms with E-state index < -0.39 is 0 Å². The zero-order valence-corrected chi connectivity index (χ0v) is 30.1. The molecule has 0 radical (unpaired) electrons. The summed E-state index contributed by atoms with van der Waals surface area (Å²) in [4.78, 5) is 13.8. The average molecular weight is 714 g/mol. The molecule has 56 heavy (non-hydrogen) atoms. The average Bonchev–Trinajstić information content (AvgIpc) is 3.92. The van der Waals surface area contributed by atoms with Crippen molar-refractivity contribution in [3.63, 3.8) is 0 Å². The Morgan fingerprint density at radius 1 is 0.339 bits per heavy atom. The number of para-hydroxylation sites is 4. The molecule has 12 rings (SSSR count). The Morgan fingerprint density at radius 3 is 1.62 bits per heavy atom. The number of hydrogen-bond acceptors (Lipinski definition) is 3. The molecule has 0 N–H and O–H groups in total. The zero-order valence-electron chi connectivity index (χ0n) is 30.1. The van der Waals surface area contributed by atoms with Crippen LogP contribution in [0.1, 0.15) is 0 Å². The fraction of sp³-hybridized carbons (Fsp3) is 0. The van der Waals surface area contributed by atoms with E-state index in [1.54, 1.807) is 0 Å². The highest BCUT2D eigenvalue weighted by Gasteiger charge is 2.22. The van der Waals surface area contributed by atoms with Crippen LogP contribution in [0.3, 0.4) is 0 Å². The lowest BCUT2D eigenvalue weighted by Crippen LogP contribution is -1.95. The van der Waals surface area contributed by atoms with Gasteiger partial charge in [-0.15, -0.1) is 0 Å². The lowest BCUT2D eigenvalue weighted by Gasteiger charge is -2.12. The molecule has 0 fully saturated rings. The molecule has 0 aliphatic heterocycles. The summed E-state index contributed by atoms with van der Waals surface area (Å²) >= 11 is 0. The van der Waals surface area contributed by atoms with Gasteiger partial charge in [0.15, 0.2) is 0 Å². The van der Waals surface area contributed by atoms with Crippen LogP contribution in [0.4, 0.5) is 0 Å². The first-order chi connectivity index (χ1) is 27.8. The van der Waals surface area contributed by atoms with Crippen LogP contribution in [0.15, 0.2) is 189 Å². The van der Waals surface area contributed by atoms with E-state index in [-0.39, 0.29) is 0 Å². The van der Waals surface area contributed by atoms with Crippen LogP contribution in [0.25, 0.3) is 110 Å². The van der Waals surface area contributed by atoms with E-state index in [4.69, 9.17) is 4.98 Å². The van der Waals surface area contributed by atoms with Gasteiger partial charge in [-0.2, -0.15) is 0 Å². The fourth-order valence-electron chi connectivity index (χ4n) is 8.97. The number of pyridine rings is 3. The maximum Gasteiger partial charge on any atom is 0.0716 e. The molecular formula is C51H31N5. The molecule has 0 saturated heterocycles. The van der Waals surface area contributed by atoms with Gasteiger partial charge < -0.3 is 8.97 Å². The maximum atomic E-state index is 5.26. The second kappa shape index (κ2) is 11.9. The minimum absolute atomic E-state index is 0.900. The van der Waals surface area contributed by atoms with Gasteiger partial charge in [0, 0.05) is 79.5 Å². The molecule has 0 amide bonds. The number of hydrogen-bond donors (Lipinski definition) is 0. The summed E-state index contributed by atoms with van der Waals surface area (Å²) in [6, 6.07) is 59.2. The maximum absolute atomic E-state index is 5.26. The zero-order chi connectivity index (χ0) is 36.7. The summed E-state index contributed by atoms with van der Waals surface area (Å²) in [5.41, 5.74) is 15.7. The highest BCUT2D eigenvalue weighted by atomic mass is 15.0. The third-order valence-corrected chi connectivity index (χ3v) is 11.4. The second-order valence-corrected chi connectivity index (χ2v) is 14.5. The lowest BCUT2D eigenvalue weighted by molar-refractivity contribution is 1.18. The number of rotatable bonds is 5. The van der Waals surface area contributed by atoms with Gasteiger partial charge in [0.25, 0.3) is 0 Å². The van der Waals surface area contributed by atoms with Crippen LogP contribution < -0.4 is 0 Å². The SMILES string of the molecule is c1ccc(-n2c3ccc(-c4cc(-c5ccncc5)cc(-c5ccncc5)n4)cc3c3cccc(-c4cc5c6ccccc6n6c7ccccc7c(c4)c56)c32)cc1. The van der Waals surface area contributed by atoms with Crippen molar-refractivity contribution in [1.82, 2.24) is 23.9 Å². The van der Waals surface area contributed by atoms with Crippen LogP contribution >= 0.6 is 0 Å². The van der Waals surface area contributed by atoms with Crippen LogP contribution in [0.2, 0.25) is 0 Å². The van der Waals surface area contributed by atoms with E-state index >= 15 is 0 Å². The van der Waals surface area contributed by atoms with Crippen molar-refractivity contribution in [2.24, 2.45) is 0 Å². The Morgan fingerprint density at radius 2 is 0.929 bits per heavy atom. The van der Waals surface area contributed by atoms with Gasteiger partial charge in [-0.1, -0.05) is 78.9 Å². The normalized spacial score (nSPS) is 11.9. The first-order valence-corrected chi connectivity index (χ1v) is 18.9. The van der Waals surface area contributed by atoms with Crippen molar-refractivity contribution in [2.45, 2.75) is 0 Å². The lowest BCUT2D eigenvalue weighted by atomic mass is 9.97. The highest BCUT2D eigenvalue weighted by Crippen LogP contribution is 2.45. The van der Waals surface area contributed by atoms with E-state index in [2.05, 4.69) is 158 Å². The Kier molecular flexibility index (Phi) is 6.56. The van der Waals surface area contributed by atoms with Crippen molar-refractivity contribution in [3.8, 4) is 50.5 Å². The molecule has 5 heteroatoms. The molecule has 0 atom stereocenters. The molecule has 6 aromatic carbocycles. The summed E-state index contributed by atoms with van der Waals surface area (Å²) in [6.45, 7) is 0. The Balaban J connectivity index is 1.14. The van der Waals surface area contributed by atoms with Gasteiger partial charge in [0.2, 0.25) is 0 Å². The smallest absolute Gasteiger partial charge is 0.0716 e. The predicted molar refractivity (Wildman–Crippen MR) is 231 cm³/mol. The fourth-order valence-corrected chi connectivity index (χ4v) is 8.97. The largest absolute Gasteiger partial charge is 0.309 e. The summed E-state index contributed by atoms with van der Waals surface area (Å²) in [5, 5.41) is 7.47. The molecule has 260 valence electrons. The minimum Gasteiger partial charge on any atom is -0.309 e. The van der Waals surface area contributed by atoms with Gasteiger partial charge in [-0.3, -0.25) is 9.97 Å². The summed E-state index contributed by atoms with van der Waals surface area (Å²) < 4.78 is 4.88. The van der Waals surface area contributed by atoms with Crippen molar-refractivity contribution < 1.29 is 0 Å². The van der Waals surface area contributed by atoms with Gasteiger partial charge in [0.05, 0.1) is 39.0 Å². The van der Waals surface area contributed by atoms with E-state index in [9.17, 15) is 0 Å². The van der Waals surface area contributed by atoms with Crippen molar-refractivity contribution >= 4 is 59.9 Å². The molecule has 0 aliphatic rings. The molecule has 0 saturated carbocycles. The van der Waals surface area contributed by atoms with Crippen LogP contribution in [-0.2, 0) is 0 Å². The van der Waals surface area contributed by atoms with Gasteiger partial charge in [-0.25, -0.2) is 4.98 Å². The Bertz CT molecular complexity index is 3310. The first-order valence-electron chi connectivity index (χ1n) is 18.9. The standard InChI is InChI=1S/C51H31N5/c1-2-9-37(10-3-1)55-49-18-17-34(46-31-35(32-19-23-52-24-20-32)30-45(54-46)33-21-25-53-26-22-33)27-42(49)41-14-8-13-38(50(41)55)36-28-43-39-11-4-6-15-47(39)56-48-16-7-5-12-40(48)44(29-36)51(43)56/h1-31H. The van der Waals surface area contributed by atoms with E-state index in [0.29, 0.717) is 0 Å². The number of aromatic nitrogens is 5. The van der Waals surface area contributed by atoms with Gasteiger partial charge in [-0.05, 0) is 102 Å². The molecule has 0 unspecified atom stereocenters. The van der Waals surface area contributed by atoms with Crippen molar-refractivity contribution in [3.05, 3.63) is 189 Å². The highest BCUT2D eigenvalue weighted by molar-refractivity contribution is 6.25. The topological polar surface area (TPSA) is 48.0 Å². The van der Waals surface area contributed by atoms with Crippen LogP contribution in [-0.4, -0.2) is 23.9 Å². The summed E-state index contributed by atoms with van der Waals surface area (Å²) in [6.07, 6.45) is 7.32. The molecule has 6 aromatic heterocycles. The number of fused-ring (bicyclic) bond motifs is 9. The first kappa shape index (κ1) is 30.8.